The summed E-state index contributed by atoms with van der Waals surface area (Å²) in [6, 6.07) is 62.2. The number of anilines is 3. The molecule has 0 amide bonds. The molecule has 0 spiro atoms. The summed E-state index contributed by atoms with van der Waals surface area (Å²) < 4.78 is 11.8. The Labute approximate surface area is 314 Å². The van der Waals surface area contributed by atoms with Crippen molar-refractivity contribution in [2.75, 3.05) is 4.90 Å². The van der Waals surface area contributed by atoms with Crippen LogP contribution in [0.3, 0.4) is 0 Å². The van der Waals surface area contributed by atoms with Crippen molar-refractivity contribution in [3.05, 3.63) is 181 Å². The van der Waals surface area contributed by atoms with E-state index in [2.05, 4.69) is 179 Å². The van der Waals surface area contributed by atoms with Crippen LogP contribution in [0.25, 0.3) is 80.7 Å². The number of aromatic nitrogens is 1. The molecule has 5 heteroatoms. The third-order valence-electron chi connectivity index (χ3n) is 10.4. The van der Waals surface area contributed by atoms with E-state index in [1.807, 2.05) is 17.4 Å². The van der Waals surface area contributed by atoms with Crippen LogP contribution in [0.15, 0.2) is 180 Å². The number of halogens is 1. The number of hydrogen-bond donors (Lipinski definition) is 0. The summed E-state index contributed by atoms with van der Waals surface area (Å²) in [5, 5.41) is 7.72. The lowest BCUT2D eigenvalue weighted by atomic mass is 9.97. The molecular formula is C48H29ClN2OS. The van der Waals surface area contributed by atoms with Crippen LogP contribution in [-0.4, -0.2) is 4.57 Å². The lowest BCUT2D eigenvalue weighted by Gasteiger charge is -2.26. The van der Waals surface area contributed by atoms with Gasteiger partial charge in [-0.05, 0) is 84.4 Å². The van der Waals surface area contributed by atoms with E-state index in [0.717, 1.165) is 72.2 Å². The number of para-hydroxylation sites is 4. The molecule has 3 heterocycles. The molecule has 0 unspecified atom stereocenters. The minimum Gasteiger partial charge on any atom is -0.455 e. The maximum absolute atomic E-state index is 7.14. The second-order valence-electron chi connectivity index (χ2n) is 13.5. The quantitative estimate of drug-likeness (QED) is 0.177. The van der Waals surface area contributed by atoms with Gasteiger partial charge in [0.1, 0.15) is 11.2 Å². The lowest BCUT2D eigenvalue weighted by molar-refractivity contribution is 0.670. The van der Waals surface area contributed by atoms with Gasteiger partial charge in [-0.1, -0.05) is 109 Å². The van der Waals surface area contributed by atoms with Crippen LogP contribution in [-0.2, 0) is 0 Å². The number of benzene rings is 8. The zero-order chi connectivity index (χ0) is 35.0. The predicted molar refractivity (Wildman–Crippen MR) is 226 cm³/mol. The lowest BCUT2D eigenvalue weighted by Crippen LogP contribution is -2.10. The van der Waals surface area contributed by atoms with Crippen LogP contribution < -0.4 is 4.90 Å². The Bertz CT molecular complexity index is 3190. The summed E-state index contributed by atoms with van der Waals surface area (Å²) in [7, 11) is 0. The average Bonchev–Trinajstić information content (AvgIpc) is 3.88. The number of rotatable bonds is 5. The molecule has 8 aromatic carbocycles. The fourth-order valence-corrected chi connectivity index (χ4v) is 9.50. The summed E-state index contributed by atoms with van der Waals surface area (Å²) in [4.78, 5) is 2.30. The van der Waals surface area contributed by atoms with Gasteiger partial charge in [0.15, 0.2) is 0 Å². The largest absolute Gasteiger partial charge is 0.455 e. The van der Waals surface area contributed by atoms with E-state index in [4.69, 9.17) is 16.0 Å². The van der Waals surface area contributed by atoms with E-state index in [-0.39, 0.29) is 0 Å². The molecule has 11 aromatic rings. The molecule has 0 saturated carbocycles. The molecule has 0 saturated heterocycles. The predicted octanol–water partition coefficient (Wildman–Crippen LogP) is 14.8. The Kier molecular flexibility index (Phi) is 6.78. The molecule has 0 aliphatic carbocycles. The number of hydrogen-bond acceptors (Lipinski definition) is 3. The van der Waals surface area contributed by atoms with E-state index in [9.17, 15) is 0 Å². The molecule has 53 heavy (non-hydrogen) atoms. The molecule has 0 bridgehead atoms. The minimum atomic E-state index is 0.650. The van der Waals surface area contributed by atoms with E-state index in [0.29, 0.717) is 5.02 Å². The smallest absolute Gasteiger partial charge is 0.145 e. The van der Waals surface area contributed by atoms with E-state index in [1.165, 1.54) is 25.6 Å². The Morgan fingerprint density at radius 1 is 0.509 bits per heavy atom. The van der Waals surface area contributed by atoms with Crippen molar-refractivity contribution >= 4 is 104 Å². The molecule has 0 atom stereocenters. The molecule has 0 fully saturated rings. The fourth-order valence-electron chi connectivity index (χ4n) is 8.13. The van der Waals surface area contributed by atoms with Gasteiger partial charge in [-0.25, -0.2) is 0 Å². The monoisotopic (exact) mass is 716 g/mol. The molecule has 3 aromatic heterocycles. The van der Waals surface area contributed by atoms with Crippen molar-refractivity contribution in [1.82, 2.24) is 4.57 Å². The summed E-state index contributed by atoms with van der Waals surface area (Å²) in [6.45, 7) is 0. The molecule has 250 valence electrons. The summed E-state index contributed by atoms with van der Waals surface area (Å²) in [5.41, 5.74) is 10.1. The first-order valence-electron chi connectivity index (χ1n) is 17.7. The SMILES string of the molecule is Clc1cc(-c2cc3c4ccccc4n(-c4ccccc4)c3c3c2oc2ccccc23)cc(N(c2ccccc2)c2ccc3c(c2)sc2ccccc23)c1. The summed E-state index contributed by atoms with van der Waals surface area (Å²) >= 11 is 8.96. The Balaban J connectivity index is 1.19. The van der Waals surface area contributed by atoms with E-state index in [1.54, 1.807) is 0 Å². The Morgan fingerprint density at radius 3 is 2.06 bits per heavy atom. The summed E-state index contributed by atoms with van der Waals surface area (Å²) in [5.74, 6) is 0. The van der Waals surface area contributed by atoms with Gasteiger partial charge in [0, 0.05) is 69.7 Å². The third kappa shape index (κ3) is 4.73. The van der Waals surface area contributed by atoms with Crippen LogP contribution in [0.5, 0.6) is 0 Å². The van der Waals surface area contributed by atoms with Gasteiger partial charge < -0.3 is 13.9 Å². The fraction of sp³-hybridized carbons (Fsp3) is 0. The zero-order valence-corrected chi connectivity index (χ0v) is 29.9. The van der Waals surface area contributed by atoms with Crippen molar-refractivity contribution in [3.63, 3.8) is 0 Å². The zero-order valence-electron chi connectivity index (χ0n) is 28.3. The molecular weight excluding hydrogens is 688 g/mol. The van der Waals surface area contributed by atoms with Gasteiger partial charge in [0.05, 0.1) is 16.4 Å². The van der Waals surface area contributed by atoms with Gasteiger partial charge in [0.25, 0.3) is 0 Å². The second kappa shape index (κ2) is 11.9. The molecule has 11 rings (SSSR count). The van der Waals surface area contributed by atoms with E-state index < -0.39 is 0 Å². The highest BCUT2D eigenvalue weighted by atomic mass is 35.5. The van der Waals surface area contributed by atoms with Crippen LogP contribution >= 0.6 is 22.9 Å². The molecule has 0 N–H and O–H groups in total. The van der Waals surface area contributed by atoms with Gasteiger partial charge in [-0.3, -0.25) is 0 Å². The van der Waals surface area contributed by atoms with Crippen LogP contribution in [0.4, 0.5) is 17.1 Å². The van der Waals surface area contributed by atoms with Crippen molar-refractivity contribution < 1.29 is 4.42 Å². The first kappa shape index (κ1) is 30.3. The van der Waals surface area contributed by atoms with Crippen molar-refractivity contribution in [2.24, 2.45) is 0 Å². The topological polar surface area (TPSA) is 21.3 Å². The highest BCUT2D eigenvalue weighted by Gasteiger charge is 2.24. The molecule has 0 aliphatic rings. The Hall–Kier alpha value is -6.33. The minimum absolute atomic E-state index is 0.650. The van der Waals surface area contributed by atoms with Crippen LogP contribution in [0.2, 0.25) is 5.02 Å². The molecule has 3 nitrogen and oxygen atoms in total. The number of nitrogens with zero attached hydrogens (tertiary/aromatic N) is 2. The normalized spacial score (nSPS) is 11.9. The van der Waals surface area contributed by atoms with Crippen LogP contribution in [0.1, 0.15) is 0 Å². The molecule has 0 aliphatic heterocycles. The second-order valence-corrected chi connectivity index (χ2v) is 15.0. The van der Waals surface area contributed by atoms with Gasteiger partial charge in [-0.15, -0.1) is 11.3 Å². The van der Waals surface area contributed by atoms with Gasteiger partial charge in [0.2, 0.25) is 0 Å². The number of furan rings is 1. The third-order valence-corrected chi connectivity index (χ3v) is 11.7. The Morgan fingerprint density at radius 2 is 1.21 bits per heavy atom. The highest BCUT2D eigenvalue weighted by molar-refractivity contribution is 7.25. The van der Waals surface area contributed by atoms with Crippen molar-refractivity contribution in [2.45, 2.75) is 0 Å². The molecule has 0 radical (unpaired) electrons. The van der Waals surface area contributed by atoms with E-state index >= 15 is 0 Å². The van der Waals surface area contributed by atoms with Gasteiger partial charge >= 0.3 is 0 Å². The van der Waals surface area contributed by atoms with Crippen molar-refractivity contribution in [3.8, 4) is 16.8 Å². The van der Waals surface area contributed by atoms with Crippen LogP contribution in [0, 0.1) is 0 Å². The number of fused-ring (bicyclic) bond motifs is 10. The first-order valence-corrected chi connectivity index (χ1v) is 18.9. The average molecular weight is 717 g/mol. The maximum Gasteiger partial charge on any atom is 0.145 e. The van der Waals surface area contributed by atoms with Gasteiger partial charge in [-0.2, -0.15) is 0 Å². The first-order chi connectivity index (χ1) is 26.2. The standard InChI is InChI=1S/C48H29ClN2OS/c49-31-25-30(26-35(27-31)50(32-13-3-1-4-14-32)34-23-24-38-37-18-9-12-22-44(37)53-45(38)28-34)40-29-41-36-17-7-10-20-42(36)51(33-15-5-2-6-16-33)47(41)46-39-19-8-11-21-43(39)52-48(40)46/h1-29H. The highest BCUT2D eigenvalue weighted by Crippen LogP contribution is 2.47. The summed E-state index contributed by atoms with van der Waals surface area (Å²) in [6.07, 6.45) is 0. The maximum atomic E-state index is 7.14. The number of thiophene rings is 1. The van der Waals surface area contributed by atoms with Crippen molar-refractivity contribution in [1.29, 1.82) is 0 Å².